The summed E-state index contributed by atoms with van der Waals surface area (Å²) in [5.74, 6) is 0. The Morgan fingerprint density at radius 1 is 1.00 bits per heavy atom. The van der Waals surface area contributed by atoms with Crippen molar-refractivity contribution in [2.75, 3.05) is 0 Å². The van der Waals surface area contributed by atoms with E-state index in [0.29, 0.717) is 0 Å². The number of benzene rings is 2. The Kier molecular flexibility index (Phi) is 4.43. The Morgan fingerprint density at radius 2 is 1.63 bits per heavy atom. The van der Waals surface area contributed by atoms with Crippen LogP contribution in [0, 0.1) is 20.8 Å². The molecule has 2 aromatic rings. The zero-order chi connectivity index (χ0) is 14.0. The number of hydrogen-bond donors (Lipinski definition) is 1. The summed E-state index contributed by atoms with van der Waals surface area (Å²) in [5.41, 5.74) is 12.7. The monoisotopic (exact) mass is 317 g/mol. The fraction of sp³-hybridized carbons (Fsp3) is 0.294. The first-order chi connectivity index (χ1) is 8.95. The highest BCUT2D eigenvalue weighted by Crippen LogP contribution is 2.23. The Bertz CT molecular complexity index is 570. The van der Waals surface area contributed by atoms with Crippen LogP contribution in [0.2, 0.25) is 0 Å². The van der Waals surface area contributed by atoms with Crippen molar-refractivity contribution >= 4 is 15.9 Å². The highest BCUT2D eigenvalue weighted by atomic mass is 79.9. The van der Waals surface area contributed by atoms with Crippen LogP contribution in [0.1, 0.15) is 33.9 Å². The van der Waals surface area contributed by atoms with Gasteiger partial charge in [0.1, 0.15) is 0 Å². The molecule has 0 spiro atoms. The molecule has 0 saturated carbocycles. The molecule has 0 amide bonds. The molecule has 1 nitrogen and oxygen atoms in total. The third-order valence-corrected chi connectivity index (χ3v) is 3.86. The highest BCUT2D eigenvalue weighted by molar-refractivity contribution is 9.10. The SMILES string of the molecule is Cc1cc(C)cc(CC(N)c2ccc(Br)cc2C)c1. The van der Waals surface area contributed by atoms with Crippen molar-refractivity contribution in [3.8, 4) is 0 Å². The number of rotatable bonds is 3. The molecule has 19 heavy (non-hydrogen) atoms. The molecule has 0 bridgehead atoms. The maximum Gasteiger partial charge on any atom is 0.0338 e. The molecule has 2 aromatic carbocycles. The van der Waals surface area contributed by atoms with E-state index >= 15 is 0 Å². The van der Waals surface area contributed by atoms with E-state index in [1.54, 1.807) is 0 Å². The summed E-state index contributed by atoms with van der Waals surface area (Å²) in [6.07, 6.45) is 0.880. The van der Waals surface area contributed by atoms with Crippen molar-refractivity contribution in [3.63, 3.8) is 0 Å². The van der Waals surface area contributed by atoms with Gasteiger partial charge in [-0.3, -0.25) is 0 Å². The Hall–Kier alpha value is -1.12. The van der Waals surface area contributed by atoms with E-state index in [4.69, 9.17) is 5.73 Å². The minimum absolute atomic E-state index is 0.0503. The van der Waals surface area contributed by atoms with E-state index in [2.05, 4.69) is 73.1 Å². The van der Waals surface area contributed by atoms with Crippen LogP contribution in [0.4, 0.5) is 0 Å². The molecule has 100 valence electrons. The zero-order valence-electron chi connectivity index (χ0n) is 11.7. The fourth-order valence-electron chi connectivity index (χ4n) is 2.61. The minimum atomic E-state index is 0.0503. The molecule has 0 fully saturated rings. The lowest BCUT2D eigenvalue weighted by Crippen LogP contribution is -2.14. The zero-order valence-corrected chi connectivity index (χ0v) is 13.3. The molecule has 0 radical (unpaired) electrons. The summed E-state index contributed by atoms with van der Waals surface area (Å²) in [4.78, 5) is 0. The fourth-order valence-corrected chi connectivity index (χ4v) is 3.08. The van der Waals surface area contributed by atoms with E-state index in [1.165, 1.54) is 27.8 Å². The minimum Gasteiger partial charge on any atom is -0.324 e. The summed E-state index contributed by atoms with van der Waals surface area (Å²) in [7, 11) is 0. The van der Waals surface area contributed by atoms with Crippen molar-refractivity contribution in [1.29, 1.82) is 0 Å². The first kappa shape index (κ1) is 14.3. The molecule has 0 aromatic heterocycles. The van der Waals surface area contributed by atoms with E-state index in [0.717, 1.165) is 10.9 Å². The second kappa shape index (κ2) is 5.89. The average Bonchev–Trinajstić information content (AvgIpc) is 2.26. The van der Waals surface area contributed by atoms with Gasteiger partial charge in [-0.2, -0.15) is 0 Å². The maximum absolute atomic E-state index is 6.36. The van der Waals surface area contributed by atoms with E-state index < -0.39 is 0 Å². The third kappa shape index (κ3) is 3.68. The first-order valence-electron chi connectivity index (χ1n) is 6.54. The van der Waals surface area contributed by atoms with Crippen molar-refractivity contribution in [3.05, 3.63) is 68.7 Å². The van der Waals surface area contributed by atoms with Gasteiger partial charge in [-0.25, -0.2) is 0 Å². The van der Waals surface area contributed by atoms with Crippen LogP contribution in [0.15, 0.2) is 40.9 Å². The van der Waals surface area contributed by atoms with Crippen LogP contribution in [0.5, 0.6) is 0 Å². The van der Waals surface area contributed by atoms with E-state index in [1.807, 2.05) is 0 Å². The van der Waals surface area contributed by atoms with Gasteiger partial charge in [0.05, 0.1) is 0 Å². The van der Waals surface area contributed by atoms with Crippen molar-refractivity contribution in [1.82, 2.24) is 0 Å². The predicted molar refractivity (Wildman–Crippen MR) is 85.4 cm³/mol. The summed E-state index contributed by atoms with van der Waals surface area (Å²) >= 11 is 3.49. The van der Waals surface area contributed by atoms with Crippen LogP contribution in [-0.2, 0) is 6.42 Å². The van der Waals surface area contributed by atoms with Gasteiger partial charge in [0, 0.05) is 10.5 Å². The molecular formula is C17H20BrN. The largest absolute Gasteiger partial charge is 0.324 e. The van der Waals surface area contributed by atoms with Gasteiger partial charge in [-0.15, -0.1) is 0 Å². The summed E-state index contributed by atoms with van der Waals surface area (Å²) in [6.45, 7) is 6.38. The van der Waals surface area contributed by atoms with Crippen molar-refractivity contribution < 1.29 is 0 Å². The van der Waals surface area contributed by atoms with Crippen LogP contribution in [0.25, 0.3) is 0 Å². The predicted octanol–water partition coefficient (Wildman–Crippen LogP) is 4.62. The van der Waals surface area contributed by atoms with Gasteiger partial charge in [-0.05, 0) is 56.0 Å². The van der Waals surface area contributed by atoms with E-state index in [9.17, 15) is 0 Å². The number of aryl methyl sites for hydroxylation is 3. The van der Waals surface area contributed by atoms with Gasteiger partial charge in [0.2, 0.25) is 0 Å². The summed E-state index contributed by atoms with van der Waals surface area (Å²) in [5, 5.41) is 0. The van der Waals surface area contributed by atoms with Crippen LogP contribution in [-0.4, -0.2) is 0 Å². The lowest BCUT2D eigenvalue weighted by atomic mass is 9.95. The molecule has 0 saturated heterocycles. The summed E-state index contributed by atoms with van der Waals surface area (Å²) < 4.78 is 1.10. The summed E-state index contributed by atoms with van der Waals surface area (Å²) in [6, 6.07) is 13.0. The Balaban J connectivity index is 2.22. The Labute approximate surface area is 124 Å². The van der Waals surface area contributed by atoms with E-state index in [-0.39, 0.29) is 6.04 Å². The van der Waals surface area contributed by atoms with Crippen molar-refractivity contribution in [2.24, 2.45) is 5.73 Å². The number of hydrogen-bond acceptors (Lipinski definition) is 1. The standard InChI is InChI=1S/C17H20BrN/c1-11-6-12(2)8-14(7-11)10-17(19)16-5-4-15(18)9-13(16)3/h4-9,17H,10,19H2,1-3H3. The third-order valence-electron chi connectivity index (χ3n) is 3.37. The van der Waals surface area contributed by atoms with Crippen LogP contribution < -0.4 is 5.73 Å². The smallest absolute Gasteiger partial charge is 0.0338 e. The lowest BCUT2D eigenvalue weighted by molar-refractivity contribution is 0.715. The van der Waals surface area contributed by atoms with Gasteiger partial charge in [0.15, 0.2) is 0 Å². The second-order valence-corrected chi connectivity index (χ2v) is 6.22. The molecule has 2 rings (SSSR count). The number of halogens is 1. The number of nitrogens with two attached hydrogens (primary N) is 1. The average molecular weight is 318 g/mol. The van der Waals surface area contributed by atoms with Gasteiger partial charge < -0.3 is 5.73 Å². The maximum atomic E-state index is 6.36. The molecule has 2 N–H and O–H groups in total. The quantitative estimate of drug-likeness (QED) is 0.878. The Morgan fingerprint density at radius 3 is 2.21 bits per heavy atom. The molecule has 2 heteroatoms. The molecular weight excluding hydrogens is 298 g/mol. The second-order valence-electron chi connectivity index (χ2n) is 5.31. The van der Waals surface area contributed by atoms with Crippen molar-refractivity contribution in [2.45, 2.75) is 33.2 Å². The van der Waals surface area contributed by atoms with Crippen LogP contribution in [0.3, 0.4) is 0 Å². The molecule has 0 aliphatic carbocycles. The molecule has 1 unspecified atom stereocenters. The lowest BCUT2D eigenvalue weighted by Gasteiger charge is -2.16. The van der Waals surface area contributed by atoms with Gasteiger partial charge in [0.25, 0.3) is 0 Å². The molecule has 0 aliphatic heterocycles. The van der Waals surface area contributed by atoms with Crippen LogP contribution >= 0.6 is 15.9 Å². The van der Waals surface area contributed by atoms with Gasteiger partial charge in [-0.1, -0.05) is 51.3 Å². The van der Waals surface area contributed by atoms with Gasteiger partial charge >= 0.3 is 0 Å². The molecule has 0 aliphatic rings. The topological polar surface area (TPSA) is 26.0 Å². The highest BCUT2D eigenvalue weighted by Gasteiger charge is 2.10. The normalized spacial score (nSPS) is 12.5. The molecule has 1 atom stereocenters. The first-order valence-corrected chi connectivity index (χ1v) is 7.34. The molecule has 0 heterocycles.